The zero-order chi connectivity index (χ0) is 7.40. The van der Waals surface area contributed by atoms with E-state index in [-0.39, 0.29) is 12.4 Å². The van der Waals surface area contributed by atoms with Gasteiger partial charge in [-0.3, -0.25) is 0 Å². The summed E-state index contributed by atoms with van der Waals surface area (Å²) in [5.74, 6) is 0. The quantitative estimate of drug-likeness (QED) is 0.704. The number of halogens is 2. The largest absolute Gasteiger partial charge is 0.320 e. The first-order chi connectivity index (χ1) is 4.84. The van der Waals surface area contributed by atoms with E-state index in [1.165, 1.54) is 0 Å². The van der Waals surface area contributed by atoms with Gasteiger partial charge in [-0.25, -0.2) is 5.43 Å². The first kappa shape index (κ1) is 10.6. The summed E-state index contributed by atoms with van der Waals surface area (Å²) in [6, 6.07) is 7.55. The molecule has 0 bridgehead atoms. The molecule has 11 heavy (non-hydrogen) atoms. The number of hydrogen-bond acceptors (Lipinski definition) is 2. The van der Waals surface area contributed by atoms with Gasteiger partial charge in [0, 0.05) is 7.05 Å². The first-order valence-electron chi connectivity index (χ1n) is 3.02. The van der Waals surface area contributed by atoms with Crippen LogP contribution >= 0.6 is 24.0 Å². The van der Waals surface area contributed by atoms with Gasteiger partial charge >= 0.3 is 0 Å². The zero-order valence-corrected chi connectivity index (χ0v) is 7.67. The molecule has 0 saturated heterocycles. The highest BCUT2D eigenvalue weighted by Gasteiger charge is 1.93. The molecule has 62 valence electrons. The Kier molecular flexibility index (Phi) is 5.03. The lowest BCUT2D eigenvalue weighted by Crippen LogP contribution is -2.14. The predicted molar refractivity (Wildman–Crippen MR) is 51.4 cm³/mol. The number of anilines is 1. The second-order valence-corrected chi connectivity index (χ2v) is 2.26. The van der Waals surface area contributed by atoms with Gasteiger partial charge < -0.3 is 5.43 Å². The van der Waals surface area contributed by atoms with Crippen molar-refractivity contribution in [2.24, 2.45) is 0 Å². The van der Waals surface area contributed by atoms with Crippen LogP contribution in [0, 0.1) is 0 Å². The molecule has 0 aliphatic carbocycles. The van der Waals surface area contributed by atoms with Crippen molar-refractivity contribution >= 4 is 29.7 Å². The molecule has 0 fully saturated rings. The molecular weight excluding hydrogens is 183 g/mol. The van der Waals surface area contributed by atoms with E-state index in [1.807, 2.05) is 24.3 Å². The Morgan fingerprint density at radius 3 is 2.45 bits per heavy atom. The lowest BCUT2D eigenvalue weighted by Gasteiger charge is -2.04. The van der Waals surface area contributed by atoms with Crippen LogP contribution in [0.1, 0.15) is 0 Å². The fourth-order valence-electron chi connectivity index (χ4n) is 0.697. The number of para-hydroxylation sites is 1. The molecule has 1 aromatic rings. The number of hydrogen-bond donors (Lipinski definition) is 2. The fraction of sp³-hybridized carbons (Fsp3) is 0.143. The Labute approximate surface area is 77.3 Å². The van der Waals surface area contributed by atoms with Crippen LogP contribution in [0.4, 0.5) is 5.69 Å². The highest BCUT2D eigenvalue weighted by molar-refractivity contribution is 6.33. The van der Waals surface area contributed by atoms with E-state index in [9.17, 15) is 0 Å². The standard InChI is InChI=1S/C7H9ClN2.ClH/c1-9-10-7-5-3-2-4-6(7)8;/h2-5,9-10H,1H3;1H. The van der Waals surface area contributed by atoms with Crippen LogP contribution in [0.2, 0.25) is 5.02 Å². The Hall–Kier alpha value is -0.440. The number of hydrazine groups is 1. The average Bonchev–Trinajstić information content (AvgIpc) is 1.94. The van der Waals surface area contributed by atoms with Crippen LogP contribution in [-0.4, -0.2) is 7.05 Å². The lowest BCUT2D eigenvalue weighted by molar-refractivity contribution is 0.984. The molecular formula is C7H10Cl2N2. The van der Waals surface area contributed by atoms with Crippen molar-refractivity contribution in [1.82, 2.24) is 5.43 Å². The highest BCUT2D eigenvalue weighted by atomic mass is 35.5. The van der Waals surface area contributed by atoms with Crippen molar-refractivity contribution < 1.29 is 0 Å². The molecule has 1 rings (SSSR count). The van der Waals surface area contributed by atoms with Crippen LogP contribution < -0.4 is 10.9 Å². The van der Waals surface area contributed by atoms with Gasteiger partial charge in [-0.1, -0.05) is 23.7 Å². The summed E-state index contributed by atoms with van der Waals surface area (Å²) in [4.78, 5) is 0. The number of rotatable bonds is 2. The minimum absolute atomic E-state index is 0. The second-order valence-electron chi connectivity index (χ2n) is 1.85. The molecule has 0 unspecified atom stereocenters. The second kappa shape index (κ2) is 5.24. The lowest BCUT2D eigenvalue weighted by atomic mass is 10.3. The topological polar surface area (TPSA) is 24.1 Å². The van der Waals surface area contributed by atoms with Gasteiger partial charge in [-0.05, 0) is 12.1 Å². The third-order valence-corrected chi connectivity index (χ3v) is 1.46. The van der Waals surface area contributed by atoms with Gasteiger partial charge in [0.05, 0.1) is 10.7 Å². The molecule has 4 heteroatoms. The summed E-state index contributed by atoms with van der Waals surface area (Å²) in [5, 5.41) is 0.719. The minimum Gasteiger partial charge on any atom is -0.320 e. The van der Waals surface area contributed by atoms with Crippen LogP contribution in [0.3, 0.4) is 0 Å². The summed E-state index contributed by atoms with van der Waals surface area (Å²) in [6.07, 6.45) is 0. The van der Waals surface area contributed by atoms with Crippen molar-refractivity contribution in [2.45, 2.75) is 0 Å². The van der Waals surface area contributed by atoms with Gasteiger partial charge in [0.1, 0.15) is 0 Å². The smallest absolute Gasteiger partial charge is 0.0673 e. The summed E-state index contributed by atoms with van der Waals surface area (Å²) in [5.41, 5.74) is 6.58. The molecule has 0 amide bonds. The Balaban J connectivity index is 0.000001000. The van der Waals surface area contributed by atoms with E-state index in [4.69, 9.17) is 11.6 Å². The molecule has 0 aliphatic heterocycles. The fourth-order valence-corrected chi connectivity index (χ4v) is 0.880. The maximum Gasteiger partial charge on any atom is 0.0673 e. The minimum atomic E-state index is 0. The van der Waals surface area contributed by atoms with Crippen molar-refractivity contribution in [1.29, 1.82) is 0 Å². The molecule has 0 aliphatic rings. The average molecular weight is 193 g/mol. The van der Waals surface area contributed by atoms with Crippen molar-refractivity contribution in [3.05, 3.63) is 29.3 Å². The Bertz CT molecular complexity index is 215. The Morgan fingerprint density at radius 2 is 1.91 bits per heavy atom. The van der Waals surface area contributed by atoms with Crippen LogP contribution in [-0.2, 0) is 0 Å². The van der Waals surface area contributed by atoms with Gasteiger partial charge in [0.15, 0.2) is 0 Å². The Morgan fingerprint density at radius 1 is 1.27 bits per heavy atom. The van der Waals surface area contributed by atoms with E-state index in [0.717, 1.165) is 10.7 Å². The normalized spacial score (nSPS) is 8.55. The van der Waals surface area contributed by atoms with Gasteiger partial charge in [-0.2, -0.15) is 0 Å². The maximum absolute atomic E-state index is 5.80. The third-order valence-electron chi connectivity index (χ3n) is 1.13. The molecule has 0 saturated carbocycles. The molecule has 0 atom stereocenters. The third kappa shape index (κ3) is 2.97. The first-order valence-corrected chi connectivity index (χ1v) is 3.39. The molecule has 2 N–H and O–H groups in total. The van der Waals surface area contributed by atoms with Gasteiger partial charge in [0.25, 0.3) is 0 Å². The molecule has 0 radical (unpaired) electrons. The number of nitrogens with one attached hydrogen (secondary N) is 2. The molecule has 0 spiro atoms. The van der Waals surface area contributed by atoms with Crippen LogP contribution in [0.15, 0.2) is 24.3 Å². The zero-order valence-electron chi connectivity index (χ0n) is 6.10. The monoisotopic (exact) mass is 192 g/mol. The summed E-state index contributed by atoms with van der Waals surface area (Å²) in [6.45, 7) is 0. The molecule has 0 heterocycles. The number of benzene rings is 1. The van der Waals surface area contributed by atoms with Crippen molar-refractivity contribution in [3.63, 3.8) is 0 Å². The highest BCUT2D eigenvalue weighted by Crippen LogP contribution is 2.18. The van der Waals surface area contributed by atoms with Crippen LogP contribution in [0.5, 0.6) is 0 Å². The van der Waals surface area contributed by atoms with E-state index in [2.05, 4.69) is 10.9 Å². The van der Waals surface area contributed by atoms with Gasteiger partial charge in [0.2, 0.25) is 0 Å². The van der Waals surface area contributed by atoms with E-state index >= 15 is 0 Å². The molecule has 1 aromatic carbocycles. The molecule has 2 nitrogen and oxygen atoms in total. The summed E-state index contributed by atoms with van der Waals surface area (Å²) < 4.78 is 0. The van der Waals surface area contributed by atoms with Crippen molar-refractivity contribution in [2.75, 3.05) is 12.5 Å². The van der Waals surface area contributed by atoms with Crippen molar-refractivity contribution in [3.8, 4) is 0 Å². The SMILES string of the molecule is CNNc1ccccc1Cl.Cl. The predicted octanol–water partition coefficient (Wildman–Crippen LogP) is 2.31. The maximum atomic E-state index is 5.80. The summed E-state index contributed by atoms with van der Waals surface area (Å²) in [7, 11) is 1.79. The van der Waals surface area contributed by atoms with E-state index < -0.39 is 0 Å². The molecule has 0 aromatic heterocycles. The van der Waals surface area contributed by atoms with Gasteiger partial charge in [-0.15, -0.1) is 12.4 Å². The summed E-state index contributed by atoms with van der Waals surface area (Å²) >= 11 is 5.80. The van der Waals surface area contributed by atoms with E-state index in [1.54, 1.807) is 7.05 Å². The van der Waals surface area contributed by atoms with E-state index in [0.29, 0.717) is 0 Å². The van der Waals surface area contributed by atoms with Crippen LogP contribution in [0.25, 0.3) is 0 Å².